The van der Waals surface area contributed by atoms with E-state index in [0.29, 0.717) is 13.2 Å². The van der Waals surface area contributed by atoms with Crippen molar-refractivity contribution in [2.24, 2.45) is 0 Å². The minimum atomic E-state index is 0.0987. The Morgan fingerprint density at radius 1 is 1.25 bits per heavy atom. The average Bonchev–Trinajstić information content (AvgIpc) is 2.28. The molecule has 1 aromatic carbocycles. The lowest BCUT2D eigenvalue weighted by molar-refractivity contribution is 0.0772. The van der Waals surface area contributed by atoms with E-state index in [0.717, 1.165) is 13.1 Å². The van der Waals surface area contributed by atoms with Gasteiger partial charge in [0.15, 0.2) is 0 Å². The minimum absolute atomic E-state index is 0.0987. The van der Waals surface area contributed by atoms with Gasteiger partial charge in [0, 0.05) is 13.1 Å². The highest BCUT2D eigenvalue weighted by Gasteiger charge is 2.02. The molecule has 0 aliphatic carbocycles. The van der Waals surface area contributed by atoms with Gasteiger partial charge in [-0.2, -0.15) is 0 Å². The Morgan fingerprint density at radius 2 is 2.00 bits per heavy atom. The van der Waals surface area contributed by atoms with E-state index in [1.165, 1.54) is 11.1 Å². The number of hydrogen-bond donors (Lipinski definition) is 1. The van der Waals surface area contributed by atoms with Crippen molar-refractivity contribution in [3.8, 4) is 0 Å². The minimum Gasteiger partial charge on any atom is -0.394 e. The molecule has 16 heavy (non-hydrogen) atoms. The second-order valence-corrected chi connectivity index (χ2v) is 4.00. The molecule has 0 spiro atoms. The summed E-state index contributed by atoms with van der Waals surface area (Å²) in [6.45, 7) is 5.15. The van der Waals surface area contributed by atoms with Crippen LogP contribution in [0, 0.1) is 6.92 Å². The summed E-state index contributed by atoms with van der Waals surface area (Å²) >= 11 is 0. The van der Waals surface area contributed by atoms with Crippen molar-refractivity contribution in [1.29, 1.82) is 0 Å². The van der Waals surface area contributed by atoms with Gasteiger partial charge in [-0.3, -0.25) is 4.90 Å². The average molecular weight is 223 g/mol. The van der Waals surface area contributed by atoms with Crippen LogP contribution < -0.4 is 0 Å². The van der Waals surface area contributed by atoms with Gasteiger partial charge in [0.2, 0.25) is 0 Å². The monoisotopic (exact) mass is 223 g/mol. The van der Waals surface area contributed by atoms with Crippen molar-refractivity contribution >= 4 is 0 Å². The van der Waals surface area contributed by atoms with E-state index in [-0.39, 0.29) is 6.61 Å². The van der Waals surface area contributed by atoms with Crippen molar-refractivity contribution in [2.75, 3.05) is 33.4 Å². The maximum atomic E-state index is 8.56. The third kappa shape index (κ3) is 4.75. The van der Waals surface area contributed by atoms with Gasteiger partial charge in [0.25, 0.3) is 0 Å². The van der Waals surface area contributed by atoms with Gasteiger partial charge in [-0.05, 0) is 25.1 Å². The summed E-state index contributed by atoms with van der Waals surface area (Å²) in [5.41, 5.74) is 2.68. The third-order valence-corrected chi connectivity index (χ3v) is 2.55. The van der Waals surface area contributed by atoms with E-state index in [1.54, 1.807) is 0 Å². The SMILES string of the molecule is Cc1ccccc1CN(C)CCOCCO. The zero-order chi connectivity index (χ0) is 11.8. The van der Waals surface area contributed by atoms with Gasteiger partial charge in [-0.25, -0.2) is 0 Å². The summed E-state index contributed by atoms with van der Waals surface area (Å²) < 4.78 is 5.23. The van der Waals surface area contributed by atoms with Gasteiger partial charge in [0.1, 0.15) is 0 Å². The lowest BCUT2D eigenvalue weighted by atomic mass is 10.1. The molecule has 0 saturated carbocycles. The van der Waals surface area contributed by atoms with Gasteiger partial charge in [-0.15, -0.1) is 0 Å². The molecule has 0 unspecified atom stereocenters. The Labute approximate surface area is 97.7 Å². The summed E-state index contributed by atoms with van der Waals surface area (Å²) in [5.74, 6) is 0. The predicted molar refractivity (Wildman–Crippen MR) is 65.4 cm³/mol. The normalized spacial score (nSPS) is 11.0. The van der Waals surface area contributed by atoms with Crippen LogP contribution >= 0.6 is 0 Å². The van der Waals surface area contributed by atoms with Crippen LogP contribution in [0.25, 0.3) is 0 Å². The molecule has 0 saturated heterocycles. The molecule has 3 heteroatoms. The molecule has 1 aromatic rings. The molecule has 0 atom stereocenters. The van der Waals surface area contributed by atoms with Gasteiger partial charge >= 0.3 is 0 Å². The number of aryl methyl sites for hydroxylation is 1. The fourth-order valence-corrected chi connectivity index (χ4v) is 1.54. The molecule has 0 bridgehead atoms. The third-order valence-electron chi connectivity index (χ3n) is 2.55. The van der Waals surface area contributed by atoms with Crippen LogP contribution in [0.4, 0.5) is 0 Å². The van der Waals surface area contributed by atoms with Gasteiger partial charge in [-0.1, -0.05) is 24.3 Å². The molecule has 0 aliphatic rings. The number of likely N-dealkylation sites (N-methyl/N-ethyl adjacent to an activating group) is 1. The van der Waals surface area contributed by atoms with Gasteiger partial charge in [0.05, 0.1) is 19.8 Å². The fourth-order valence-electron chi connectivity index (χ4n) is 1.54. The molecule has 1 rings (SSSR count). The van der Waals surface area contributed by atoms with Crippen molar-refractivity contribution in [1.82, 2.24) is 4.90 Å². The molecule has 0 heterocycles. The molecule has 90 valence electrons. The van der Waals surface area contributed by atoms with Crippen LogP contribution in [0.5, 0.6) is 0 Å². The Morgan fingerprint density at radius 3 is 2.69 bits per heavy atom. The highest BCUT2D eigenvalue weighted by molar-refractivity contribution is 5.25. The summed E-state index contributed by atoms with van der Waals surface area (Å²) in [6.07, 6.45) is 0. The zero-order valence-corrected chi connectivity index (χ0v) is 10.1. The van der Waals surface area contributed by atoms with Crippen LogP contribution in [0.15, 0.2) is 24.3 Å². The first-order valence-electron chi connectivity index (χ1n) is 5.65. The zero-order valence-electron chi connectivity index (χ0n) is 10.1. The van der Waals surface area contributed by atoms with Gasteiger partial charge < -0.3 is 9.84 Å². The molecule has 0 fully saturated rings. The summed E-state index contributed by atoms with van der Waals surface area (Å²) in [5, 5.41) is 8.56. The van der Waals surface area contributed by atoms with E-state index in [2.05, 4.69) is 43.1 Å². The van der Waals surface area contributed by atoms with Crippen LogP contribution in [-0.4, -0.2) is 43.4 Å². The quantitative estimate of drug-likeness (QED) is 0.710. The van der Waals surface area contributed by atoms with E-state index in [4.69, 9.17) is 9.84 Å². The standard InChI is InChI=1S/C13H21NO2/c1-12-5-3-4-6-13(12)11-14(2)7-9-16-10-8-15/h3-6,15H,7-11H2,1-2H3. The van der Waals surface area contributed by atoms with Crippen LogP contribution in [0.1, 0.15) is 11.1 Å². The number of nitrogens with zero attached hydrogens (tertiary/aromatic N) is 1. The Kier molecular flexibility index (Phi) is 6.08. The first kappa shape index (κ1) is 13.2. The molecule has 1 N–H and O–H groups in total. The maximum Gasteiger partial charge on any atom is 0.0698 e. The topological polar surface area (TPSA) is 32.7 Å². The van der Waals surface area contributed by atoms with E-state index >= 15 is 0 Å². The van der Waals surface area contributed by atoms with E-state index in [1.807, 2.05) is 0 Å². The summed E-state index contributed by atoms with van der Waals surface area (Å²) in [4.78, 5) is 2.22. The molecule has 0 aliphatic heterocycles. The Bertz CT molecular complexity index is 302. The highest BCUT2D eigenvalue weighted by Crippen LogP contribution is 2.08. The molecule has 3 nitrogen and oxygen atoms in total. The number of aliphatic hydroxyl groups is 1. The maximum absolute atomic E-state index is 8.56. The van der Waals surface area contributed by atoms with Crippen LogP contribution in [-0.2, 0) is 11.3 Å². The number of benzene rings is 1. The molecular formula is C13H21NO2. The van der Waals surface area contributed by atoms with Crippen molar-refractivity contribution < 1.29 is 9.84 Å². The predicted octanol–water partition coefficient (Wildman–Crippen LogP) is 1.44. The second kappa shape index (κ2) is 7.39. The molecule has 0 aromatic heterocycles. The largest absolute Gasteiger partial charge is 0.394 e. The van der Waals surface area contributed by atoms with Crippen LogP contribution in [0.2, 0.25) is 0 Å². The van der Waals surface area contributed by atoms with Crippen molar-refractivity contribution in [3.63, 3.8) is 0 Å². The number of rotatable bonds is 7. The molecule has 0 amide bonds. The fraction of sp³-hybridized carbons (Fsp3) is 0.538. The lowest BCUT2D eigenvalue weighted by Crippen LogP contribution is -2.23. The highest BCUT2D eigenvalue weighted by atomic mass is 16.5. The van der Waals surface area contributed by atoms with Crippen molar-refractivity contribution in [3.05, 3.63) is 35.4 Å². The lowest BCUT2D eigenvalue weighted by Gasteiger charge is -2.17. The second-order valence-electron chi connectivity index (χ2n) is 4.00. The van der Waals surface area contributed by atoms with Crippen LogP contribution in [0.3, 0.4) is 0 Å². The van der Waals surface area contributed by atoms with E-state index < -0.39 is 0 Å². The number of hydrogen-bond acceptors (Lipinski definition) is 3. The Hall–Kier alpha value is -0.900. The Balaban J connectivity index is 2.28. The first-order valence-corrected chi connectivity index (χ1v) is 5.65. The first-order chi connectivity index (χ1) is 7.74. The van der Waals surface area contributed by atoms with E-state index in [9.17, 15) is 0 Å². The number of aliphatic hydroxyl groups excluding tert-OH is 1. The smallest absolute Gasteiger partial charge is 0.0698 e. The summed E-state index contributed by atoms with van der Waals surface area (Å²) in [7, 11) is 2.08. The molecule has 0 radical (unpaired) electrons. The summed E-state index contributed by atoms with van der Waals surface area (Å²) in [6, 6.07) is 8.41. The number of ether oxygens (including phenoxy) is 1. The molecular weight excluding hydrogens is 202 g/mol. The van der Waals surface area contributed by atoms with Crippen molar-refractivity contribution in [2.45, 2.75) is 13.5 Å².